The first kappa shape index (κ1) is 16.3. The largest absolute Gasteiger partial charge is 0.416 e. The van der Waals surface area contributed by atoms with Gasteiger partial charge in [-0.25, -0.2) is 9.89 Å². The SMILES string of the molecule is O=C(N[C@@H]1CCC[C@H]1c1ccccc1C(F)(F)F)c1n[nH]c(=O)[nH]1. The van der Waals surface area contributed by atoms with Gasteiger partial charge in [-0.05, 0) is 24.5 Å². The van der Waals surface area contributed by atoms with Crippen molar-refractivity contribution < 1.29 is 18.0 Å². The second kappa shape index (κ2) is 6.14. The molecule has 1 aromatic carbocycles. The molecule has 1 aliphatic rings. The number of carbonyl (C=O) groups is 1. The molecule has 1 aromatic heterocycles. The van der Waals surface area contributed by atoms with E-state index >= 15 is 0 Å². The molecule has 1 amide bonds. The number of nitrogens with one attached hydrogen (secondary N) is 3. The number of hydrogen-bond acceptors (Lipinski definition) is 3. The summed E-state index contributed by atoms with van der Waals surface area (Å²) < 4.78 is 39.7. The van der Waals surface area contributed by atoms with Crippen molar-refractivity contribution in [2.24, 2.45) is 0 Å². The van der Waals surface area contributed by atoms with Gasteiger partial charge in [0.15, 0.2) is 0 Å². The first-order valence-electron chi connectivity index (χ1n) is 7.48. The number of hydrogen-bond donors (Lipinski definition) is 3. The van der Waals surface area contributed by atoms with E-state index in [2.05, 4.69) is 20.5 Å². The van der Waals surface area contributed by atoms with Crippen molar-refractivity contribution in [3.8, 4) is 0 Å². The Bertz CT molecular complexity index is 796. The average Bonchev–Trinajstić information content (AvgIpc) is 3.15. The molecular weight excluding hydrogens is 325 g/mol. The summed E-state index contributed by atoms with van der Waals surface area (Å²) in [5.41, 5.74) is -1.11. The Morgan fingerprint density at radius 2 is 2.00 bits per heavy atom. The molecule has 6 nitrogen and oxygen atoms in total. The van der Waals surface area contributed by atoms with Crippen molar-refractivity contribution in [3.63, 3.8) is 0 Å². The molecule has 0 bridgehead atoms. The van der Waals surface area contributed by atoms with Gasteiger partial charge in [-0.15, -0.1) is 5.10 Å². The van der Waals surface area contributed by atoms with Crippen molar-refractivity contribution >= 4 is 5.91 Å². The Morgan fingerprint density at radius 1 is 1.25 bits per heavy atom. The highest BCUT2D eigenvalue weighted by molar-refractivity contribution is 5.90. The molecule has 0 aliphatic heterocycles. The van der Waals surface area contributed by atoms with E-state index in [0.29, 0.717) is 19.3 Å². The lowest BCUT2D eigenvalue weighted by molar-refractivity contribution is -0.138. The van der Waals surface area contributed by atoms with Crippen LogP contribution in [-0.4, -0.2) is 27.1 Å². The minimum Gasteiger partial charge on any atom is -0.346 e. The Morgan fingerprint density at radius 3 is 2.67 bits per heavy atom. The van der Waals surface area contributed by atoms with E-state index in [9.17, 15) is 22.8 Å². The summed E-state index contributed by atoms with van der Waals surface area (Å²) in [6.45, 7) is 0. The monoisotopic (exact) mass is 340 g/mol. The van der Waals surface area contributed by atoms with E-state index in [1.807, 2.05) is 0 Å². The fraction of sp³-hybridized carbons (Fsp3) is 0.400. The summed E-state index contributed by atoms with van der Waals surface area (Å²) in [7, 11) is 0. The van der Waals surface area contributed by atoms with Crippen molar-refractivity contribution in [3.05, 3.63) is 51.7 Å². The summed E-state index contributed by atoms with van der Waals surface area (Å²) in [4.78, 5) is 25.3. The molecule has 0 spiro atoms. The van der Waals surface area contributed by atoms with E-state index in [4.69, 9.17) is 0 Å². The highest BCUT2D eigenvalue weighted by atomic mass is 19.4. The number of alkyl halides is 3. The molecule has 0 saturated heterocycles. The van der Waals surface area contributed by atoms with Gasteiger partial charge in [0.1, 0.15) is 0 Å². The predicted octanol–water partition coefficient (Wildman–Crippen LogP) is 2.18. The number of aromatic nitrogens is 3. The summed E-state index contributed by atoms with van der Waals surface area (Å²) in [6, 6.07) is 4.98. The highest BCUT2D eigenvalue weighted by Crippen LogP contribution is 2.41. The maximum absolute atomic E-state index is 13.2. The fourth-order valence-corrected chi connectivity index (χ4v) is 3.20. The average molecular weight is 340 g/mol. The lowest BCUT2D eigenvalue weighted by atomic mass is 9.89. The van der Waals surface area contributed by atoms with Gasteiger partial charge < -0.3 is 5.32 Å². The van der Waals surface area contributed by atoms with Crippen molar-refractivity contribution in [1.82, 2.24) is 20.5 Å². The van der Waals surface area contributed by atoms with Crippen LogP contribution >= 0.6 is 0 Å². The van der Waals surface area contributed by atoms with Crippen LogP contribution in [0, 0.1) is 0 Å². The summed E-state index contributed by atoms with van der Waals surface area (Å²) in [5, 5.41) is 8.28. The summed E-state index contributed by atoms with van der Waals surface area (Å²) >= 11 is 0. The molecule has 2 aromatic rings. The molecule has 1 heterocycles. The minimum absolute atomic E-state index is 0.184. The van der Waals surface area contributed by atoms with Gasteiger partial charge in [-0.1, -0.05) is 24.6 Å². The van der Waals surface area contributed by atoms with Gasteiger partial charge in [-0.2, -0.15) is 13.2 Å². The standard InChI is InChI=1S/C15H15F3N4O2/c16-15(17,18)10-6-2-1-4-8(10)9-5-3-7-11(9)19-13(23)12-20-14(24)22-21-12/h1-2,4,6,9,11H,3,5,7H2,(H,19,23)(H2,20,21,22,24)/t9-,11+/m0/s1. The van der Waals surface area contributed by atoms with E-state index in [0.717, 1.165) is 6.07 Å². The van der Waals surface area contributed by atoms with Gasteiger partial charge in [-0.3, -0.25) is 9.78 Å². The van der Waals surface area contributed by atoms with E-state index in [-0.39, 0.29) is 11.4 Å². The number of carbonyl (C=O) groups excluding carboxylic acids is 1. The zero-order valence-corrected chi connectivity index (χ0v) is 12.5. The van der Waals surface area contributed by atoms with Crippen LogP contribution < -0.4 is 11.0 Å². The molecule has 0 radical (unpaired) electrons. The van der Waals surface area contributed by atoms with Crippen molar-refractivity contribution in [1.29, 1.82) is 0 Å². The highest BCUT2D eigenvalue weighted by Gasteiger charge is 2.39. The zero-order valence-electron chi connectivity index (χ0n) is 12.5. The Balaban J connectivity index is 1.84. The third-order valence-electron chi connectivity index (χ3n) is 4.21. The van der Waals surface area contributed by atoms with Crippen LogP contribution in [0.3, 0.4) is 0 Å². The molecule has 1 fully saturated rings. The molecule has 9 heteroatoms. The number of nitrogens with zero attached hydrogens (tertiary/aromatic N) is 1. The molecule has 3 rings (SSSR count). The summed E-state index contributed by atoms with van der Waals surface area (Å²) in [5.74, 6) is -1.23. The Hall–Kier alpha value is -2.58. The zero-order chi connectivity index (χ0) is 17.3. The predicted molar refractivity (Wildman–Crippen MR) is 78.5 cm³/mol. The van der Waals surface area contributed by atoms with Gasteiger partial charge >= 0.3 is 11.9 Å². The first-order chi connectivity index (χ1) is 11.4. The van der Waals surface area contributed by atoms with E-state index < -0.39 is 35.3 Å². The third kappa shape index (κ3) is 3.19. The molecule has 3 N–H and O–H groups in total. The van der Waals surface area contributed by atoms with Crippen molar-refractivity contribution in [2.75, 3.05) is 0 Å². The normalized spacial score (nSPS) is 21.0. The molecule has 24 heavy (non-hydrogen) atoms. The van der Waals surface area contributed by atoms with Crippen molar-refractivity contribution in [2.45, 2.75) is 37.4 Å². The van der Waals surface area contributed by atoms with Crippen LogP contribution in [0.2, 0.25) is 0 Å². The number of amides is 1. The lowest BCUT2D eigenvalue weighted by Gasteiger charge is -2.24. The van der Waals surface area contributed by atoms with Crippen LogP contribution in [0.5, 0.6) is 0 Å². The number of aromatic amines is 2. The number of rotatable bonds is 3. The minimum atomic E-state index is -4.44. The van der Waals surface area contributed by atoms with Crippen LogP contribution in [0.25, 0.3) is 0 Å². The second-order valence-electron chi connectivity index (χ2n) is 5.73. The second-order valence-corrected chi connectivity index (χ2v) is 5.73. The molecule has 1 aliphatic carbocycles. The number of halogens is 3. The molecule has 1 saturated carbocycles. The smallest absolute Gasteiger partial charge is 0.346 e. The topological polar surface area (TPSA) is 90.6 Å². The van der Waals surface area contributed by atoms with Crippen LogP contribution in [-0.2, 0) is 6.18 Å². The van der Waals surface area contributed by atoms with Crippen LogP contribution in [0.1, 0.15) is 46.9 Å². The van der Waals surface area contributed by atoms with Crippen LogP contribution in [0.15, 0.2) is 29.1 Å². The maximum Gasteiger partial charge on any atom is 0.416 e. The third-order valence-corrected chi connectivity index (χ3v) is 4.21. The molecule has 0 unspecified atom stereocenters. The van der Waals surface area contributed by atoms with Gasteiger partial charge in [0.05, 0.1) is 5.56 Å². The number of benzene rings is 1. The number of H-pyrrole nitrogens is 2. The molecular formula is C15H15F3N4O2. The summed E-state index contributed by atoms with van der Waals surface area (Å²) in [6.07, 6.45) is -2.62. The van der Waals surface area contributed by atoms with Gasteiger partial charge in [0.2, 0.25) is 5.82 Å². The Kier molecular flexibility index (Phi) is 4.16. The Labute approximate surface area is 134 Å². The maximum atomic E-state index is 13.2. The first-order valence-corrected chi connectivity index (χ1v) is 7.48. The van der Waals surface area contributed by atoms with E-state index in [1.165, 1.54) is 12.1 Å². The molecule has 2 atom stereocenters. The fourth-order valence-electron chi connectivity index (χ4n) is 3.20. The van der Waals surface area contributed by atoms with E-state index in [1.54, 1.807) is 6.07 Å². The van der Waals surface area contributed by atoms with Gasteiger partial charge in [0, 0.05) is 12.0 Å². The quantitative estimate of drug-likeness (QED) is 0.800. The lowest BCUT2D eigenvalue weighted by Crippen LogP contribution is -2.37. The molecule has 128 valence electrons. The van der Waals surface area contributed by atoms with Crippen LogP contribution in [0.4, 0.5) is 13.2 Å². The van der Waals surface area contributed by atoms with Gasteiger partial charge in [0.25, 0.3) is 5.91 Å².